The van der Waals surface area contributed by atoms with Crippen molar-refractivity contribution in [1.82, 2.24) is 29.3 Å². The predicted molar refractivity (Wildman–Crippen MR) is 111 cm³/mol. The molecule has 1 aromatic carbocycles. The van der Waals surface area contributed by atoms with Crippen molar-refractivity contribution in [2.45, 2.75) is 18.4 Å². The van der Waals surface area contributed by atoms with Gasteiger partial charge in [-0.25, -0.2) is 4.39 Å². The minimum absolute atomic E-state index is 0.0781. The predicted octanol–water partition coefficient (Wildman–Crippen LogP) is 2.83. The molecule has 9 nitrogen and oxygen atoms in total. The molecule has 4 heterocycles. The van der Waals surface area contributed by atoms with E-state index in [2.05, 4.69) is 15.3 Å². The lowest BCUT2D eigenvalue weighted by Gasteiger charge is -2.19. The van der Waals surface area contributed by atoms with Crippen molar-refractivity contribution >= 4 is 16.7 Å². The largest absolute Gasteiger partial charge is 0.379 e. The third kappa shape index (κ3) is 3.61. The Kier molecular flexibility index (Phi) is 4.89. The van der Waals surface area contributed by atoms with E-state index in [0.29, 0.717) is 28.8 Å². The lowest BCUT2D eigenvalue weighted by Crippen LogP contribution is -2.40. The zero-order valence-electron chi connectivity index (χ0n) is 17.5. The number of alkyl halides is 2. The van der Waals surface area contributed by atoms with Crippen LogP contribution in [-0.2, 0) is 17.7 Å². The molecule has 0 saturated carbocycles. The monoisotopic (exact) mass is 456 g/mol. The summed E-state index contributed by atoms with van der Waals surface area (Å²) in [7, 11) is 1.59. The standard InChI is InChI=1S/C21H19F3N8O/c1-30-9-12-6-15(16(22)7-18(12)28-30)21(23,24)20(26)32-19(25)3-2-17(29-32)13-8-27-31(10-13)14-4-5-33-11-14/h2-3,6-10,14,25-26H,4-5,11H2,1H3. The number of hydrogen-bond acceptors (Lipinski definition) is 6. The van der Waals surface area contributed by atoms with E-state index in [9.17, 15) is 4.39 Å². The van der Waals surface area contributed by atoms with E-state index in [4.69, 9.17) is 15.6 Å². The highest BCUT2D eigenvalue weighted by Gasteiger charge is 2.42. The van der Waals surface area contributed by atoms with Crippen LogP contribution in [0.25, 0.3) is 22.2 Å². The van der Waals surface area contributed by atoms with E-state index in [1.165, 1.54) is 29.2 Å². The smallest absolute Gasteiger partial charge is 0.334 e. The van der Waals surface area contributed by atoms with Gasteiger partial charge in [-0.2, -0.15) is 28.8 Å². The summed E-state index contributed by atoms with van der Waals surface area (Å²) in [6.07, 6.45) is 5.54. The van der Waals surface area contributed by atoms with Crippen LogP contribution < -0.4 is 5.49 Å². The average molecular weight is 456 g/mol. The van der Waals surface area contributed by atoms with Gasteiger partial charge in [-0.05, 0) is 24.6 Å². The van der Waals surface area contributed by atoms with Gasteiger partial charge in [-0.1, -0.05) is 0 Å². The van der Waals surface area contributed by atoms with Crippen LogP contribution in [0.4, 0.5) is 13.2 Å². The molecular formula is C21H19F3N8O. The molecule has 1 fully saturated rings. The minimum atomic E-state index is -4.05. The number of nitrogens with one attached hydrogen (secondary N) is 2. The second-order valence-corrected chi connectivity index (χ2v) is 7.86. The van der Waals surface area contributed by atoms with Gasteiger partial charge in [0.1, 0.15) is 11.3 Å². The maximum atomic E-state index is 15.3. The number of benzene rings is 1. The molecule has 1 aliphatic heterocycles. The fourth-order valence-corrected chi connectivity index (χ4v) is 3.82. The molecule has 1 aliphatic rings. The number of rotatable bonds is 4. The lowest BCUT2D eigenvalue weighted by molar-refractivity contribution is 0.0656. The van der Waals surface area contributed by atoms with E-state index in [1.807, 2.05) is 0 Å². The summed E-state index contributed by atoms with van der Waals surface area (Å²) in [6, 6.07) is 4.69. The molecule has 0 radical (unpaired) electrons. The van der Waals surface area contributed by atoms with Gasteiger partial charge >= 0.3 is 5.92 Å². The van der Waals surface area contributed by atoms with Crippen molar-refractivity contribution in [2.24, 2.45) is 7.05 Å². The molecule has 4 aromatic rings. The molecule has 0 bridgehead atoms. The maximum absolute atomic E-state index is 15.3. The fourth-order valence-electron chi connectivity index (χ4n) is 3.82. The molecule has 170 valence electrons. The maximum Gasteiger partial charge on any atom is 0.334 e. The molecule has 0 spiro atoms. The van der Waals surface area contributed by atoms with Gasteiger partial charge in [0.05, 0.1) is 35.6 Å². The van der Waals surface area contributed by atoms with Gasteiger partial charge in [-0.15, -0.1) is 0 Å². The first-order valence-electron chi connectivity index (χ1n) is 10.1. The highest BCUT2D eigenvalue weighted by Crippen LogP contribution is 2.34. The number of hydrogen-bond donors (Lipinski definition) is 2. The fraction of sp³-hybridized carbons (Fsp3) is 0.286. The summed E-state index contributed by atoms with van der Waals surface area (Å²) in [5.74, 6) is -6.58. The van der Waals surface area contributed by atoms with Crippen molar-refractivity contribution in [2.75, 3.05) is 13.2 Å². The van der Waals surface area contributed by atoms with E-state index < -0.39 is 28.6 Å². The van der Waals surface area contributed by atoms with E-state index in [-0.39, 0.29) is 17.3 Å². The molecule has 0 aliphatic carbocycles. The molecule has 2 N–H and O–H groups in total. The van der Waals surface area contributed by atoms with E-state index in [1.54, 1.807) is 17.9 Å². The van der Waals surface area contributed by atoms with Crippen molar-refractivity contribution in [3.8, 4) is 11.3 Å². The van der Waals surface area contributed by atoms with Crippen molar-refractivity contribution < 1.29 is 17.9 Å². The topological polar surface area (TPSA) is 110 Å². The Morgan fingerprint density at radius 2 is 2.03 bits per heavy atom. The lowest BCUT2D eigenvalue weighted by atomic mass is 10.0. The minimum Gasteiger partial charge on any atom is -0.379 e. The van der Waals surface area contributed by atoms with Crippen molar-refractivity contribution in [3.63, 3.8) is 0 Å². The highest BCUT2D eigenvalue weighted by molar-refractivity contribution is 5.90. The molecular weight excluding hydrogens is 437 g/mol. The summed E-state index contributed by atoms with van der Waals surface area (Å²) in [4.78, 5) is 0. The highest BCUT2D eigenvalue weighted by atomic mass is 19.3. The van der Waals surface area contributed by atoms with Gasteiger partial charge in [0, 0.05) is 43.1 Å². The molecule has 1 atom stereocenters. The molecule has 33 heavy (non-hydrogen) atoms. The molecule has 12 heteroatoms. The zero-order chi connectivity index (χ0) is 23.3. The molecule has 1 saturated heterocycles. The molecule has 1 unspecified atom stereocenters. The summed E-state index contributed by atoms with van der Waals surface area (Å²) >= 11 is 0. The summed E-state index contributed by atoms with van der Waals surface area (Å²) in [5.41, 5.74) is -0.418. The number of ether oxygens (including phenoxy) is 1. The first kappa shape index (κ1) is 21.1. The zero-order valence-corrected chi connectivity index (χ0v) is 17.5. The van der Waals surface area contributed by atoms with E-state index in [0.717, 1.165) is 18.6 Å². The summed E-state index contributed by atoms with van der Waals surface area (Å²) < 4.78 is 54.1. The summed E-state index contributed by atoms with van der Waals surface area (Å²) in [6.45, 7) is 1.17. The van der Waals surface area contributed by atoms with Crippen LogP contribution >= 0.6 is 0 Å². The summed E-state index contributed by atoms with van der Waals surface area (Å²) in [5, 5.41) is 28.8. The van der Waals surface area contributed by atoms with Gasteiger partial charge in [-0.3, -0.25) is 20.2 Å². The Morgan fingerprint density at radius 3 is 2.79 bits per heavy atom. The second-order valence-electron chi connectivity index (χ2n) is 7.86. The Hall–Kier alpha value is -3.80. The number of nitrogens with zero attached hydrogens (tertiary/aromatic N) is 6. The normalized spacial score (nSPS) is 16.5. The second kappa shape index (κ2) is 7.66. The first-order valence-corrected chi connectivity index (χ1v) is 10.1. The number of aromatic nitrogens is 6. The van der Waals surface area contributed by atoms with Gasteiger partial charge in [0.2, 0.25) is 0 Å². The number of halogens is 3. The SMILES string of the molecule is Cn1cc2cc(C(F)(F)C(=N)n3nc(-c4cnn(C5CCOC5)c4)ccc3=N)c(F)cc2n1. The van der Waals surface area contributed by atoms with Crippen LogP contribution in [0, 0.1) is 16.6 Å². The Balaban J connectivity index is 1.52. The van der Waals surface area contributed by atoms with Crippen LogP contribution in [0.1, 0.15) is 18.0 Å². The average Bonchev–Trinajstić information content (AvgIpc) is 3.52. The molecule has 0 amide bonds. The van der Waals surface area contributed by atoms with Crippen LogP contribution in [0.2, 0.25) is 0 Å². The van der Waals surface area contributed by atoms with E-state index >= 15 is 8.78 Å². The first-order chi connectivity index (χ1) is 15.7. The van der Waals surface area contributed by atoms with Gasteiger partial charge < -0.3 is 4.74 Å². The Bertz CT molecular complexity index is 1430. The third-order valence-electron chi connectivity index (χ3n) is 5.57. The van der Waals surface area contributed by atoms with Gasteiger partial charge in [0.25, 0.3) is 0 Å². The Labute approximate surface area is 185 Å². The quantitative estimate of drug-likeness (QED) is 0.363. The van der Waals surface area contributed by atoms with Crippen molar-refractivity contribution in [3.05, 3.63) is 59.7 Å². The van der Waals surface area contributed by atoms with Crippen LogP contribution in [-0.4, -0.2) is 48.4 Å². The van der Waals surface area contributed by atoms with Gasteiger partial charge in [0.15, 0.2) is 5.84 Å². The number of fused-ring (bicyclic) bond motifs is 1. The third-order valence-corrected chi connectivity index (χ3v) is 5.57. The van der Waals surface area contributed by atoms with Crippen molar-refractivity contribution in [1.29, 1.82) is 10.8 Å². The van der Waals surface area contributed by atoms with Crippen LogP contribution in [0.3, 0.4) is 0 Å². The molecule has 3 aromatic heterocycles. The Morgan fingerprint density at radius 1 is 1.21 bits per heavy atom. The van der Waals surface area contributed by atoms with Crippen LogP contribution in [0.15, 0.2) is 42.9 Å². The van der Waals surface area contributed by atoms with Crippen LogP contribution in [0.5, 0.6) is 0 Å². The molecule has 5 rings (SSSR count). The number of aryl methyl sites for hydroxylation is 1.